The Morgan fingerprint density at radius 2 is 0.786 bits per heavy atom. The van der Waals surface area contributed by atoms with Crippen LogP contribution in [-0.2, 0) is 38.1 Å². The lowest BCUT2D eigenvalue weighted by Crippen LogP contribution is -2.73. The predicted molar refractivity (Wildman–Crippen MR) is 79.9 cm³/mol. The fraction of sp³-hybridized carbons (Fsp3) is 0.667. The van der Waals surface area contributed by atoms with Gasteiger partial charge in [-0.05, 0) is 10.0 Å². The topological polar surface area (TPSA) is 198 Å². The van der Waals surface area contributed by atoms with Crippen molar-refractivity contribution in [2.45, 2.75) is 52.6 Å². The van der Waals surface area contributed by atoms with Crippen LogP contribution in [-0.4, -0.2) is 68.9 Å². The molecule has 16 nitrogen and oxygen atoms in total. The van der Waals surface area contributed by atoms with Crippen molar-refractivity contribution in [2.24, 2.45) is 0 Å². The highest BCUT2D eigenvalue weighted by Gasteiger charge is 2.64. The molecule has 1 aliphatic rings. The first-order chi connectivity index (χ1) is 12.9. The number of piperazine rings is 1. The number of carbonyl (C=O) groups is 4. The Balaban J connectivity index is 3.66. The van der Waals surface area contributed by atoms with Gasteiger partial charge in [-0.2, -0.15) is 0 Å². The molecule has 0 amide bonds. The fourth-order valence-electron chi connectivity index (χ4n) is 2.31. The van der Waals surface area contributed by atoms with Crippen molar-refractivity contribution < 1.29 is 48.2 Å². The van der Waals surface area contributed by atoms with Gasteiger partial charge in [0.2, 0.25) is 0 Å². The molecule has 28 heavy (non-hydrogen) atoms. The van der Waals surface area contributed by atoms with Gasteiger partial charge in [0.05, 0.1) is 0 Å². The molecule has 0 N–H and O–H groups in total. The molecule has 16 heteroatoms. The SMILES string of the molecule is CC(=O)OC1C(OC(C)=O)N([N+](=O)[O-])C(OC(C)=O)C(OC(C)=O)N1[N+](=O)[O-]. The number of carbonyl (C=O) groups excluding carboxylic acids is 4. The van der Waals surface area contributed by atoms with Crippen molar-refractivity contribution in [3.05, 3.63) is 20.2 Å². The minimum absolute atomic E-state index is 0.0377. The van der Waals surface area contributed by atoms with Gasteiger partial charge in [0.1, 0.15) is 0 Å². The standard InChI is InChI=1S/C12H16N4O12/c1-5(17)25-9-10(26-6(2)18)14(16(23)24)12(28-8(4)20)11(27-7(3)19)13(9)15(21)22/h9-12H,1-4H3. The molecule has 1 saturated heterocycles. The second-order valence-electron chi connectivity index (χ2n) is 5.24. The summed E-state index contributed by atoms with van der Waals surface area (Å²) < 4.78 is 18.9. The van der Waals surface area contributed by atoms with Crippen LogP contribution in [0, 0.1) is 20.2 Å². The van der Waals surface area contributed by atoms with Crippen LogP contribution >= 0.6 is 0 Å². The first-order valence-corrected chi connectivity index (χ1v) is 7.41. The predicted octanol–water partition coefficient (Wildman–Crippen LogP) is -1.46. The molecule has 0 aromatic heterocycles. The third-order valence-corrected chi connectivity index (χ3v) is 3.05. The molecular formula is C12H16N4O12. The minimum atomic E-state index is -2.22. The molecule has 0 aromatic carbocycles. The summed E-state index contributed by atoms with van der Waals surface area (Å²) in [5.74, 6) is -4.54. The average Bonchev–Trinajstić information content (AvgIpc) is 2.48. The molecule has 0 saturated carbocycles. The maximum Gasteiger partial charge on any atom is 0.304 e. The van der Waals surface area contributed by atoms with Crippen LogP contribution in [0.5, 0.6) is 0 Å². The van der Waals surface area contributed by atoms with Crippen molar-refractivity contribution >= 4 is 23.9 Å². The molecule has 0 aliphatic carbocycles. The average molecular weight is 408 g/mol. The molecule has 4 unspecified atom stereocenters. The van der Waals surface area contributed by atoms with E-state index >= 15 is 0 Å². The Morgan fingerprint density at radius 1 is 0.607 bits per heavy atom. The zero-order chi connectivity index (χ0) is 21.8. The van der Waals surface area contributed by atoms with Gasteiger partial charge in [-0.15, -0.1) is 0 Å². The van der Waals surface area contributed by atoms with Crippen LogP contribution in [0.3, 0.4) is 0 Å². The molecule has 4 atom stereocenters. The molecule has 156 valence electrons. The number of hydrogen-bond acceptors (Lipinski definition) is 12. The molecule has 0 aromatic rings. The summed E-state index contributed by atoms with van der Waals surface area (Å²) in [5, 5.41) is 20.6. The Hall–Kier alpha value is -3.72. The highest BCUT2D eigenvalue weighted by molar-refractivity contribution is 5.68. The summed E-state index contributed by atoms with van der Waals surface area (Å²) in [5.41, 5.74) is 0. The Labute approximate surface area is 156 Å². The van der Waals surface area contributed by atoms with Crippen LogP contribution in [0.15, 0.2) is 0 Å². The zero-order valence-corrected chi connectivity index (χ0v) is 15.0. The summed E-state index contributed by atoms with van der Waals surface area (Å²) >= 11 is 0. The van der Waals surface area contributed by atoms with E-state index in [4.69, 9.17) is 18.9 Å². The van der Waals surface area contributed by atoms with Crippen LogP contribution < -0.4 is 0 Å². The lowest BCUT2D eigenvalue weighted by Gasteiger charge is -2.43. The molecular weight excluding hydrogens is 392 g/mol. The first kappa shape index (κ1) is 22.3. The van der Waals surface area contributed by atoms with E-state index < -0.39 is 58.9 Å². The number of hydrogen-bond donors (Lipinski definition) is 0. The van der Waals surface area contributed by atoms with E-state index in [1.54, 1.807) is 0 Å². The summed E-state index contributed by atoms with van der Waals surface area (Å²) in [6, 6.07) is 0. The number of nitro groups is 2. The lowest BCUT2D eigenvalue weighted by atomic mass is 10.2. The summed E-state index contributed by atoms with van der Waals surface area (Å²) in [7, 11) is 0. The second kappa shape index (κ2) is 8.78. The molecule has 1 heterocycles. The van der Waals surface area contributed by atoms with E-state index in [1.807, 2.05) is 0 Å². The quantitative estimate of drug-likeness (QED) is 0.214. The summed E-state index contributed by atoms with van der Waals surface area (Å²) in [4.78, 5) is 68.6. The largest absolute Gasteiger partial charge is 0.429 e. The lowest BCUT2D eigenvalue weighted by molar-refractivity contribution is -0.756. The van der Waals surface area contributed by atoms with E-state index in [9.17, 15) is 39.4 Å². The third kappa shape index (κ3) is 5.15. The monoisotopic (exact) mass is 408 g/mol. The normalized spacial score (nSPS) is 24.0. The van der Waals surface area contributed by atoms with E-state index in [2.05, 4.69) is 0 Å². The second-order valence-corrected chi connectivity index (χ2v) is 5.24. The Bertz CT molecular complexity index is 594. The van der Waals surface area contributed by atoms with E-state index in [0.717, 1.165) is 27.7 Å². The van der Waals surface area contributed by atoms with Gasteiger partial charge in [0.25, 0.3) is 24.9 Å². The van der Waals surface area contributed by atoms with E-state index in [0.29, 0.717) is 0 Å². The summed E-state index contributed by atoms with van der Waals surface area (Å²) in [6.07, 6.45) is -8.90. The number of rotatable bonds is 6. The van der Waals surface area contributed by atoms with Crippen molar-refractivity contribution in [1.82, 2.24) is 10.0 Å². The zero-order valence-electron chi connectivity index (χ0n) is 15.0. The highest BCUT2D eigenvalue weighted by Crippen LogP contribution is 2.31. The highest BCUT2D eigenvalue weighted by atomic mass is 16.7. The maximum atomic E-state index is 11.6. The Kier molecular flexibility index (Phi) is 7.00. The minimum Gasteiger partial charge on any atom is -0.429 e. The van der Waals surface area contributed by atoms with Gasteiger partial charge < -0.3 is 18.9 Å². The van der Waals surface area contributed by atoms with Gasteiger partial charge in [0.15, 0.2) is 10.1 Å². The van der Waals surface area contributed by atoms with Crippen molar-refractivity contribution in [2.75, 3.05) is 0 Å². The van der Waals surface area contributed by atoms with Crippen LogP contribution in [0.25, 0.3) is 0 Å². The van der Waals surface area contributed by atoms with Gasteiger partial charge in [-0.25, -0.2) is 20.2 Å². The number of hydrazine groups is 2. The van der Waals surface area contributed by atoms with E-state index in [1.165, 1.54) is 0 Å². The molecule has 1 fully saturated rings. The molecule has 0 spiro atoms. The van der Waals surface area contributed by atoms with Gasteiger partial charge in [-0.1, -0.05) is 0 Å². The number of ether oxygens (including phenoxy) is 4. The smallest absolute Gasteiger partial charge is 0.304 e. The maximum absolute atomic E-state index is 11.6. The molecule has 1 aliphatic heterocycles. The number of nitrogens with zero attached hydrogens (tertiary/aromatic N) is 4. The third-order valence-electron chi connectivity index (χ3n) is 3.05. The van der Waals surface area contributed by atoms with Crippen LogP contribution in [0.2, 0.25) is 0 Å². The van der Waals surface area contributed by atoms with Gasteiger partial charge in [-0.3, -0.25) is 19.2 Å². The number of esters is 4. The van der Waals surface area contributed by atoms with E-state index in [-0.39, 0.29) is 10.0 Å². The van der Waals surface area contributed by atoms with Crippen LogP contribution in [0.1, 0.15) is 27.7 Å². The first-order valence-electron chi connectivity index (χ1n) is 7.41. The van der Waals surface area contributed by atoms with Crippen molar-refractivity contribution in [1.29, 1.82) is 0 Å². The Morgan fingerprint density at radius 3 is 0.893 bits per heavy atom. The van der Waals surface area contributed by atoms with Gasteiger partial charge >= 0.3 is 23.9 Å². The summed E-state index contributed by atoms with van der Waals surface area (Å²) in [6.45, 7) is 3.33. The molecule has 1 rings (SSSR count). The molecule has 0 radical (unpaired) electrons. The molecule has 0 bridgehead atoms. The van der Waals surface area contributed by atoms with Crippen LogP contribution in [0.4, 0.5) is 0 Å². The van der Waals surface area contributed by atoms with Gasteiger partial charge in [0, 0.05) is 27.7 Å². The van der Waals surface area contributed by atoms with Crippen molar-refractivity contribution in [3.8, 4) is 0 Å². The fourth-order valence-corrected chi connectivity index (χ4v) is 2.31. The van der Waals surface area contributed by atoms with Crippen molar-refractivity contribution in [3.63, 3.8) is 0 Å².